The molecule has 0 aliphatic rings. The maximum Gasteiger partial charge on any atom is 0.0671 e. The first-order chi connectivity index (χ1) is 8.60. The molecule has 2 aromatic rings. The minimum Gasteiger partial charge on any atom is -0.380 e. The third-order valence-electron chi connectivity index (χ3n) is 2.72. The monoisotopic (exact) mass is 327 g/mol. The molecule has 0 aliphatic heterocycles. The van der Waals surface area contributed by atoms with Crippen molar-refractivity contribution in [1.29, 1.82) is 0 Å². The predicted molar refractivity (Wildman–Crippen MR) is 79.1 cm³/mol. The second-order valence-electron chi connectivity index (χ2n) is 4.11. The summed E-state index contributed by atoms with van der Waals surface area (Å²) in [5.74, 6) is 0. The van der Waals surface area contributed by atoms with E-state index < -0.39 is 0 Å². The quantitative estimate of drug-likeness (QED) is 0.919. The van der Waals surface area contributed by atoms with Gasteiger partial charge in [0.05, 0.1) is 16.4 Å². The summed E-state index contributed by atoms with van der Waals surface area (Å²) in [6.07, 6.45) is 2.97. The van der Waals surface area contributed by atoms with Gasteiger partial charge in [0.1, 0.15) is 0 Å². The van der Waals surface area contributed by atoms with Crippen molar-refractivity contribution in [3.63, 3.8) is 0 Å². The molecule has 0 saturated carbocycles. The van der Waals surface area contributed by atoms with Crippen molar-refractivity contribution in [1.82, 2.24) is 9.78 Å². The van der Waals surface area contributed by atoms with Crippen LogP contribution in [0.1, 0.15) is 18.2 Å². The van der Waals surface area contributed by atoms with Crippen molar-refractivity contribution < 1.29 is 0 Å². The molecule has 18 heavy (non-hydrogen) atoms. The fraction of sp³-hybridized carbons (Fsp3) is 0.308. The Morgan fingerprint density at radius 2 is 2.22 bits per heavy atom. The van der Waals surface area contributed by atoms with E-state index in [9.17, 15) is 0 Å². The Kier molecular flexibility index (Phi) is 4.30. The van der Waals surface area contributed by atoms with Gasteiger partial charge in [0, 0.05) is 29.8 Å². The molecular formula is C13H15BrClN3. The summed E-state index contributed by atoms with van der Waals surface area (Å²) in [5.41, 5.74) is 3.25. The smallest absolute Gasteiger partial charge is 0.0671 e. The SMILES string of the molecule is CCc1nn(C)cc1CNc1cc(Br)ccc1Cl. The first kappa shape index (κ1) is 13.4. The lowest BCUT2D eigenvalue weighted by Crippen LogP contribution is -2.01. The number of rotatable bonds is 4. The number of aromatic nitrogens is 2. The molecule has 3 nitrogen and oxygen atoms in total. The second kappa shape index (κ2) is 5.76. The molecule has 5 heteroatoms. The third-order valence-corrected chi connectivity index (χ3v) is 3.55. The number of aryl methyl sites for hydroxylation is 2. The summed E-state index contributed by atoms with van der Waals surface area (Å²) >= 11 is 9.58. The molecule has 2 rings (SSSR count). The molecule has 0 unspecified atom stereocenters. The van der Waals surface area contributed by atoms with Gasteiger partial charge < -0.3 is 5.32 Å². The molecule has 0 fully saturated rings. The molecular weight excluding hydrogens is 314 g/mol. The molecule has 0 radical (unpaired) electrons. The molecule has 1 aromatic heterocycles. The molecule has 1 aromatic carbocycles. The number of nitrogens with zero attached hydrogens (tertiary/aromatic N) is 2. The Morgan fingerprint density at radius 1 is 1.44 bits per heavy atom. The Labute approximate surface area is 120 Å². The van der Waals surface area contributed by atoms with Crippen molar-refractivity contribution in [3.05, 3.63) is 45.1 Å². The van der Waals surface area contributed by atoms with Gasteiger partial charge in [-0.15, -0.1) is 0 Å². The second-order valence-corrected chi connectivity index (χ2v) is 5.43. The fourth-order valence-electron chi connectivity index (χ4n) is 1.85. The largest absolute Gasteiger partial charge is 0.380 e. The van der Waals surface area contributed by atoms with Crippen LogP contribution in [-0.4, -0.2) is 9.78 Å². The Morgan fingerprint density at radius 3 is 2.94 bits per heavy atom. The maximum absolute atomic E-state index is 6.14. The zero-order chi connectivity index (χ0) is 13.1. The summed E-state index contributed by atoms with van der Waals surface area (Å²) in [7, 11) is 1.94. The first-order valence-corrected chi connectivity index (χ1v) is 6.97. The number of halogens is 2. The van der Waals surface area contributed by atoms with E-state index in [1.165, 1.54) is 5.56 Å². The summed E-state index contributed by atoms with van der Waals surface area (Å²) < 4.78 is 2.86. The number of benzene rings is 1. The van der Waals surface area contributed by atoms with Crippen LogP contribution < -0.4 is 5.32 Å². The normalized spacial score (nSPS) is 10.7. The lowest BCUT2D eigenvalue weighted by Gasteiger charge is -2.08. The van der Waals surface area contributed by atoms with E-state index in [4.69, 9.17) is 11.6 Å². The average molecular weight is 329 g/mol. The summed E-state index contributed by atoms with van der Waals surface area (Å²) in [4.78, 5) is 0. The molecule has 0 atom stereocenters. The number of hydrogen-bond donors (Lipinski definition) is 1. The highest BCUT2D eigenvalue weighted by Gasteiger charge is 2.07. The van der Waals surface area contributed by atoms with Crippen LogP contribution in [0.5, 0.6) is 0 Å². The zero-order valence-corrected chi connectivity index (χ0v) is 12.7. The Balaban J connectivity index is 2.13. The molecule has 1 N–H and O–H groups in total. The maximum atomic E-state index is 6.14. The van der Waals surface area contributed by atoms with E-state index >= 15 is 0 Å². The van der Waals surface area contributed by atoms with Gasteiger partial charge in [-0.3, -0.25) is 4.68 Å². The van der Waals surface area contributed by atoms with E-state index in [-0.39, 0.29) is 0 Å². The van der Waals surface area contributed by atoms with Crippen LogP contribution in [0.4, 0.5) is 5.69 Å². The van der Waals surface area contributed by atoms with Gasteiger partial charge in [0.25, 0.3) is 0 Å². The van der Waals surface area contributed by atoms with E-state index in [1.54, 1.807) is 0 Å². The summed E-state index contributed by atoms with van der Waals surface area (Å²) in [5, 5.41) is 8.48. The van der Waals surface area contributed by atoms with Gasteiger partial charge >= 0.3 is 0 Å². The Bertz CT molecular complexity index is 551. The number of nitrogens with one attached hydrogen (secondary N) is 1. The average Bonchev–Trinajstić information content (AvgIpc) is 2.71. The van der Waals surface area contributed by atoms with Gasteiger partial charge in [-0.25, -0.2) is 0 Å². The van der Waals surface area contributed by atoms with Crippen LogP contribution >= 0.6 is 27.5 Å². The van der Waals surface area contributed by atoms with Gasteiger partial charge in [-0.05, 0) is 24.6 Å². The third kappa shape index (κ3) is 3.06. The van der Waals surface area contributed by atoms with E-state index in [1.807, 2.05) is 36.1 Å². The highest BCUT2D eigenvalue weighted by atomic mass is 79.9. The van der Waals surface area contributed by atoms with Crippen LogP contribution in [0.3, 0.4) is 0 Å². The molecule has 1 heterocycles. The van der Waals surface area contributed by atoms with Crippen molar-refractivity contribution in [3.8, 4) is 0 Å². The summed E-state index contributed by atoms with van der Waals surface area (Å²) in [6.45, 7) is 2.84. The topological polar surface area (TPSA) is 29.9 Å². The molecule has 0 saturated heterocycles. The first-order valence-electron chi connectivity index (χ1n) is 5.80. The molecule has 0 bridgehead atoms. The predicted octanol–water partition coefficient (Wildman–Crippen LogP) is 4.01. The van der Waals surface area contributed by atoms with Gasteiger partial charge in [-0.1, -0.05) is 34.5 Å². The number of anilines is 1. The van der Waals surface area contributed by atoms with Crippen LogP contribution in [0.2, 0.25) is 5.02 Å². The standard InChI is InChI=1S/C13H15BrClN3/c1-3-12-9(8-18(2)17-12)7-16-13-6-10(14)4-5-11(13)15/h4-6,8,16H,3,7H2,1-2H3. The van der Waals surface area contributed by atoms with Gasteiger partial charge in [0.15, 0.2) is 0 Å². The number of hydrogen-bond acceptors (Lipinski definition) is 2. The van der Waals surface area contributed by atoms with E-state index in [0.29, 0.717) is 0 Å². The molecule has 0 amide bonds. The van der Waals surface area contributed by atoms with E-state index in [2.05, 4.69) is 33.3 Å². The van der Waals surface area contributed by atoms with Crippen molar-refractivity contribution in [2.45, 2.75) is 19.9 Å². The van der Waals surface area contributed by atoms with Gasteiger partial charge in [0.2, 0.25) is 0 Å². The minimum absolute atomic E-state index is 0.722. The van der Waals surface area contributed by atoms with Crippen molar-refractivity contribution >= 4 is 33.2 Å². The highest BCUT2D eigenvalue weighted by molar-refractivity contribution is 9.10. The molecule has 0 aliphatic carbocycles. The Hall–Kier alpha value is -1.000. The fourth-order valence-corrected chi connectivity index (χ4v) is 2.40. The van der Waals surface area contributed by atoms with Gasteiger partial charge in [-0.2, -0.15) is 5.10 Å². The molecule has 0 spiro atoms. The lowest BCUT2D eigenvalue weighted by atomic mass is 10.2. The van der Waals surface area contributed by atoms with E-state index in [0.717, 1.165) is 33.8 Å². The summed E-state index contributed by atoms with van der Waals surface area (Å²) in [6, 6.07) is 5.78. The van der Waals surface area contributed by atoms with Crippen molar-refractivity contribution in [2.75, 3.05) is 5.32 Å². The van der Waals surface area contributed by atoms with Crippen LogP contribution in [0.15, 0.2) is 28.9 Å². The van der Waals surface area contributed by atoms with Crippen molar-refractivity contribution in [2.24, 2.45) is 7.05 Å². The zero-order valence-electron chi connectivity index (χ0n) is 10.4. The van der Waals surface area contributed by atoms with Crippen LogP contribution in [0, 0.1) is 0 Å². The highest BCUT2D eigenvalue weighted by Crippen LogP contribution is 2.26. The lowest BCUT2D eigenvalue weighted by molar-refractivity contribution is 0.746. The minimum atomic E-state index is 0.722. The molecule has 96 valence electrons. The van der Waals surface area contributed by atoms with Crippen LogP contribution in [0.25, 0.3) is 0 Å². The van der Waals surface area contributed by atoms with Crippen LogP contribution in [-0.2, 0) is 20.0 Å².